The summed E-state index contributed by atoms with van der Waals surface area (Å²) in [7, 11) is 0. The van der Waals surface area contributed by atoms with E-state index in [2.05, 4.69) is 185 Å². The van der Waals surface area contributed by atoms with Crippen LogP contribution < -0.4 is 0 Å². The molecule has 0 aliphatic heterocycles. The van der Waals surface area contributed by atoms with Crippen molar-refractivity contribution in [1.29, 1.82) is 0 Å². The molecule has 0 radical (unpaired) electrons. The number of benzene rings is 3. The lowest BCUT2D eigenvalue weighted by atomic mass is 10.00. The standard InChI is InChI=1S/C19H10I6/c1-9-14(21)7-11(8-15(9)22)18-16(23)5-10(6-17(18)24)12-3-2-4-13(20)19(12)25/h2-8H,1H3. The Morgan fingerprint density at radius 2 is 1.12 bits per heavy atom. The van der Waals surface area contributed by atoms with Gasteiger partial charge in [-0.3, -0.25) is 0 Å². The quantitative estimate of drug-likeness (QED) is 0.225. The first-order valence-electron chi connectivity index (χ1n) is 7.19. The van der Waals surface area contributed by atoms with E-state index in [1.807, 2.05) is 0 Å². The van der Waals surface area contributed by atoms with Crippen LogP contribution in [0.1, 0.15) is 5.56 Å². The summed E-state index contributed by atoms with van der Waals surface area (Å²) in [5.74, 6) is 0. The molecule has 0 fully saturated rings. The first kappa shape index (κ1) is 21.7. The summed E-state index contributed by atoms with van der Waals surface area (Å²) >= 11 is 14.7. The molecule has 0 N–H and O–H groups in total. The van der Waals surface area contributed by atoms with Crippen molar-refractivity contribution in [2.45, 2.75) is 6.92 Å². The fourth-order valence-electron chi connectivity index (χ4n) is 2.52. The van der Waals surface area contributed by atoms with E-state index in [1.165, 1.54) is 49.2 Å². The molecule has 0 aliphatic rings. The number of hydrogen-bond acceptors (Lipinski definition) is 0. The second kappa shape index (κ2) is 9.24. The summed E-state index contributed by atoms with van der Waals surface area (Å²) in [6, 6.07) is 15.7. The maximum absolute atomic E-state index is 2.48. The monoisotopic (exact) mass is 1000 g/mol. The molecule has 25 heavy (non-hydrogen) atoms. The summed E-state index contributed by atoms with van der Waals surface area (Å²) in [4.78, 5) is 0. The van der Waals surface area contributed by atoms with Gasteiger partial charge in [-0.2, -0.15) is 0 Å². The van der Waals surface area contributed by atoms with Crippen LogP contribution in [-0.2, 0) is 0 Å². The SMILES string of the molecule is Cc1c(I)cc(-c2c(I)cc(-c3cccc(I)c3I)cc2I)cc1I. The fraction of sp³-hybridized carbons (Fsp3) is 0.0526. The Morgan fingerprint density at radius 1 is 0.600 bits per heavy atom. The summed E-state index contributed by atoms with van der Waals surface area (Å²) in [5.41, 5.74) is 6.60. The minimum absolute atomic E-state index is 1.29. The smallest absolute Gasteiger partial charge is 0.0342 e. The average Bonchev–Trinajstić information content (AvgIpc) is 2.54. The van der Waals surface area contributed by atoms with Gasteiger partial charge in [-0.05, 0) is 195 Å². The topological polar surface area (TPSA) is 0 Å². The Labute approximate surface area is 229 Å². The molecule has 3 aromatic carbocycles. The van der Waals surface area contributed by atoms with Gasteiger partial charge in [0.25, 0.3) is 0 Å². The molecular weight excluding hydrogens is 990 g/mol. The second-order valence-corrected chi connectivity index (χ2v) is 12.4. The van der Waals surface area contributed by atoms with Crippen molar-refractivity contribution >= 4 is 136 Å². The van der Waals surface area contributed by atoms with Crippen LogP contribution in [0.2, 0.25) is 0 Å². The van der Waals surface area contributed by atoms with Gasteiger partial charge in [0.15, 0.2) is 0 Å². The van der Waals surface area contributed by atoms with E-state index in [1.54, 1.807) is 0 Å². The largest absolute Gasteiger partial charge is 0.0605 e. The highest BCUT2D eigenvalue weighted by Crippen LogP contribution is 2.38. The van der Waals surface area contributed by atoms with Crippen molar-refractivity contribution < 1.29 is 0 Å². The summed E-state index contributed by atoms with van der Waals surface area (Å²) in [6.45, 7) is 2.19. The Kier molecular flexibility index (Phi) is 8.03. The van der Waals surface area contributed by atoms with Gasteiger partial charge >= 0.3 is 0 Å². The average molecular weight is 1000 g/mol. The van der Waals surface area contributed by atoms with Crippen molar-refractivity contribution in [1.82, 2.24) is 0 Å². The van der Waals surface area contributed by atoms with Crippen molar-refractivity contribution in [3.05, 3.63) is 69.4 Å². The van der Waals surface area contributed by atoms with E-state index in [0.29, 0.717) is 0 Å². The van der Waals surface area contributed by atoms with E-state index in [9.17, 15) is 0 Å². The normalized spacial score (nSPS) is 11.0. The minimum atomic E-state index is 1.29. The zero-order valence-corrected chi connectivity index (χ0v) is 25.8. The number of hydrogen-bond donors (Lipinski definition) is 0. The molecule has 0 spiro atoms. The van der Waals surface area contributed by atoms with Gasteiger partial charge in [0.1, 0.15) is 0 Å². The fourth-order valence-corrected chi connectivity index (χ4v) is 7.85. The van der Waals surface area contributed by atoms with Gasteiger partial charge in [0, 0.05) is 27.0 Å². The van der Waals surface area contributed by atoms with Crippen molar-refractivity contribution in [2.24, 2.45) is 0 Å². The Balaban J connectivity index is 2.18. The molecule has 0 atom stereocenters. The zero-order chi connectivity index (χ0) is 18.3. The first-order chi connectivity index (χ1) is 11.8. The highest BCUT2D eigenvalue weighted by Gasteiger charge is 2.15. The van der Waals surface area contributed by atoms with E-state index < -0.39 is 0 Å². The lowest BCUT2D eigenvalue weighted by Crippen LogP contribution is -1.95. The Bertz CT molecular complexity index is 932. The van der Waals surface area contributed by atoms with E-state index in [-0.39, 0.29) is 0 Å². The first-order valence-corrected chi connectivity index (χ1v) is 13.7. The molecule has 3 aromatic rings. The molecule has 3 rings (SSSR count). The third-order valence-electron chi connectivity index (χ3n) is 3.87. The van der Waals surface area contributed by atoms with Crippen LogP contribution in [0.4, 0.5) is 0 Å². The van der Waals surface area contributed by atoms with Crippen LogP contribution >= 0.6 is 136 Å². The molecular formula is C19H10I6. The number of rotatable bonds is 2. The Hall–Kier alpha value is 2.04. The van der Waals surface area contributed by atoms with Crippen LogP contribution in [-0.4, -0.2) is 0 Å². The van der Waals surface area contributed by atoms with Crippen LogP contribution in [0.3, 0.4) is 0 Å². The molecule has 0 amide bonds. The van der Waals surface area contributed by atoms with Gasteiger partial charge in [-0.25, -0.2) is 0 Å². The van der Waals surface area contributed by atoms with Crippen LogP contribution in [0.25, 0.3) is 22.3 Å². The van der Waals surface area contributed by atoms with Gasteiger partial charge < -0.3 is 0 Å². The zero-order valence-electron chi connectivity index (χ0n) is 12.8. The highest BCUT2D eigenvalue weighted by atomic mass is 127. The number of halogens is 6. The Morgan fingerprint density at radius 3 is 1.68 bits per heavy atom. The summed E-state index contributed by atoms with van der Waals surface area (Å²) in [6.07, 6.45) is 0. The van der Waals surface area contributed by atoms with Crippen molar-refractivity contribution in [2.75, 3.05) is 0 Å². The molecule has 0 aromatic heterocycles. The molecule has 0 aliphatic carbocycles. The van der Waals surface area contributed by atoms with Crippen LogP contribution in [0.5, 0.6) is 0 Å². The second-order valence-electron chi connectivity index (χ2n) is 5.48. The van der Waals surface area contributed by atoms with E-state index in [4.69, 9.17) is 0 Å². The van der Waals surface area contributed by atoms with Crippen LogP contribution in [0.15, 0.2) is 42.5 Å². The van der Waals surface area contributed by atoms with Gasteiger partial charge in [0.2, 0.25) is 0 Å². The van der Waals surface area contributed by atoms with E-state index in [0.717, 1.165) is 0 Å². The van der Waals surface area contributed by atoms with Gasteiger partial charge in [0.05, 0.1) is 0 Å². The highest BCUT2D eigenvalue weighted by molar-refractivity contribution is 14.1. The molecule has 0 heterocycles. The maximum Gasteiger partial charge on any atom is 0.0342 e. The van der Waals surface area contributed by atoms with Crippen molar-refractivity contribution in [3.63, 3.8) is 0 Å². The molecule has 0 bridgehead atoms. The van der Waals surface area contributed by atoms with Gasteiger partial charge in [-0.15, -0.1) is 0 Å². The minimum Gasteiger partial charge on any atom is -0.0605 e. The third kappa shape index (κ3) is 4.79. The van der Waals surface area contributed by atoms with Crippen molar-refractivity contribution in [3.8, 4) is 22.3 Å². The lowest BCUT2D eigenvalue weighted by Gasteiger charge is -2.14. The molecule has 0 saturated heterocycles. The molecule has 0 saturated carbocycles. The molecule has 0 nitrogen and oxygen atoms in total. The predicted octanol–water partition coefficient (Wildman–Crippen LogP) is 8.96. The molecule has 128 valence electrons. The summed E-state index contributed by atoms with van der Waals surface area (Å²) < 4.78 is 7.85. The van der Waals surface area contributed by atoms with Crippen LogP contribution in [0, 0.1) is 28.3 Å². The predicted molar refractivity (Wildman–Crippen MR) is 158 cm³/mol. The lowest BCUT2D eigenvalue weighted by molar-refractivity contribution is 1.38. The van der Waals surface area contributed by atoms with Gasteiger partial charge in [-0.1, -0.05) is 12.1 Å². The maximum atomic E-state index is 2.48. The summed E-state index contributed by atoms with van der Waals surface area (Å²) in [5, 5.41) is 0. The molecule has 6 heteroatoms. The molecule has 0 unspecified atom stereocenters. The third-order valence-corrected chi connectivity index (χ3v) is 10.9. The van der Waals surface area contributed by atoms with E-state index >= 15 is 0 Å².